The van der Waals surface area contributed by atoms with Gasteiger partial charge in [-0.3, -0.25) is 4.79 Å². The summed E-state index contributed by atoms with van der Waals surface area (Å²) in [6.45, 7) is 8.90. The molecule has 0 aliphatic heterocycles. The van der Waals surface area contributed by atoms with Gasteiger partial charge in [0.2, 0.25) is 15.9 Å². The lowest BCUT2D eigenvalue weighted by atomic mass is 10.2. The molecule has 1 aromatic carbocycles. The first-order chi connectivity index (χ1) is 13.9. The zero-order valence-corrected chi connectivity index (χ0v) is 20.1. The molecule has 0 aromatic heterocycles. The molecular formula is C20H33N3O5S2. The van der Waals surface area contributed by atoms with Crippen molar-refractivity contribution in [2.24, 2.45) is 0 Å². The third kappa shape index (κ3) is 9.36. The zero-order valence-electron chi connectivity index (χ0n) is 18.5. The van der Waals surface area contributed by atoms with E-state index in [1.807, 2.05) is 19.2 Å². The second kappa shape index (κ2) is 11.6. The maximum atomic E-state index is 12.5. The van der Waals surface area contributed by atoms with Crippen LogP contribution >= 0.6 is 11.8 Å². The molecule has 0 unspecified atom stereocenters. The van der Waals surface area contributed by atoms with Crippen molar-refractivity contribution >= 4 is 33.8 Å². The molecule has 1 atom stereocenters. The molecule has 0 spiro atoms. The number of sulfonamides is 1. The Morgan fingerprint density at radius 3 is 2.43 bits per heavy atom. The van der Waals surface area contributed by atoms with Crippen molar-refractivity contribution in [2.75, 3.05) is 25.1 Å². The normalized spacial score (nSPS) is 12.9. The lowest BCUT2D eigenvalue weighted by Crippen LogP contribution is -2.49. The summed E-state index contributed by atoms with van der Waals surface area (Å²) >= 11 is 1.56. The van der Waals surface area contributed by atoms with Gasteiger partial charge in [-0.05, 0) is 70.2 Å². The highest BCUT2D eigenvalue weighted by Crippen LogP contribution is 2.16. The number of benzene rings is 1. The van der Waals surface area contributed by atoms with Crippen LogP contribution in [0.1, 0.15) is 38.3 Å². The highest BCUT2D eigenvalue weighted by molar-refractivity contribution is 7.98. The summed E-state index contributed by atoms with van der Waals surface area (Å²) in [6.07, 6.45) is 1.67. The van der Waals surface area contributed by atoms with E-state index in [-0.39, 0.29) is 23.9 Å². The smallest absolute Gasteiger partial charge is 0.408 e. The molecule has 8 nitrogen and oxygen atoms in total. The molecule has 0 aliphatic carbocycles. The van der Waals surface area contributed by atoms with Crippen molar-refractivity contribution in [3.63, 3.8) is 0 Å². The highest BCUT2D eigenvalue weighted by Gasteiger charge is 2.24. The topological polar surface area (TPSA) is 114 Å². The van der Waals surface area contributed by atoms with Gasteiger partial charge in [-0.1, -0.05) is 12.1 Å². The summed E-state index contributed by atoms with van der Waals surface area (Å²) in [6, 6.07) is 4.45. The summed E-state index contributed by atoms with van der Waals surface area (Å²) in [4.78, 5) is 24.7. The van der Waals surface area contributed by atoms with Gasteiger partial charge >= 0.3 is 6.09 Å². The predicted molar refractivity (Wildman–Crippen MR) is 120 cm³/mol. The molecular weight excluding hydrogens is 426 g/mol. The second-order valence-corrected chi connectivity index (χ2v) is 10.7. The van der Waals surface area contributed by atoms with E-state index in [2.05, 4.69) is 15.4 Å². The van der Waals surface area contributed by atoms with E-state index in [1.54, 1.807) is 51.6 Å². The summed E-state index contributed by atoms with van der Waals surface area (Å²) in [5, 5.41) is 5.24. The predicted octanol–water partition coefficient (Wildman–Crippen LogP) is 2.34. The average Bonchev–Trinajstić information content (AvgIpc) is 2.62. The van der Waals surface area contributed by atoms with Crippen LogP contribution < -0.4 is 15.4 Å². The van der Waals surface area contributed by atoms with Crippen molar-refractivity contribution in [1.29, 1.82) is 0 Å². The van der Waals surface area contributed by atoms with Gasteiger partial charge in [-0.25, -0.2) is 17.9 Å². The van der Waals surface area contributed by atoms with Crippen LogP contribution in [0.5, 0.6) is 0 Å². The van der Waals surface area contributed by atoms with E-state index in [1.165, 1.54) is 0 Å². The number of amides is 2. The quantitative estimate of drug-likeness (QED) is 0.463. The van der Waals surface area contributed by atoms with Crippen LogP contribution in [0.25, 0.3) is 0 Å². The Bertz CT molecular complexity index is 835. The van der Waals surface area contributed by atoms with Crippen LogP contribution in [0.4, 0.5) is 4.79 Å². The number of ether oxygens (including phenoxy) is 1. The summed E-state index contributed by atoms with van der Waals surface area (Å²) in [5.41, 5.74) is 0.826. The summed E-state index contributed by atoms with van der Waals surface area (Å²) in [7, 11) is -3.68. The average molecular weight is 460 g/mol. The van der Waals surface area contributed by atoms with E-state index in [0.29, 0.717) is 17.7 Å². The number of hydrogen-bond donors (Lipinski definition) is 3. The van der Waals surface area contributed by atoms with E-state index < -0.39 is 27.8 Å². The van der Waals surface area contributed by atoms with Crippen LogP contribution in [-0.4, -0.2) is 57.2 Å². The first-order valence-electron chi connectivity index (χ1n) is 9.69. The Morgan fingerprint density at radius 2 is 1.83 bits per heavy atom. The van der Waals surface area contributed by atoms with Gasteiger partial charge in [0.1, 0.15) is 11.6 Å². The molecule has 30 heavy (non-hydrogen) atoms. The van der Waals surface area contributed by atoms with Gasteiger partial charge < -0.3 is 15.4 Å². The van der Waals surface area contributed by atoms with Gasteiger partial charge in [0.15, 0.2) is 0 Å². The number of carbonyl (C=O) groups is 2. The Balaban J connectivity index is 2.62. The number of alkyl carbamates (subject to hydrolysis) is 1. The molecule has 170 valence electrons. The first-order valence-corrected chi connectivity index (χ1v) is 12.6. The molecule has 1 aromatic rings. The lowest BCUT2D eigenvalue weighted by Gasteiger charge is -2.23. The first kappa shape index (κ1) is 26.3. The van der Waals surface area contributed by atoms with Crippen LogP contribution in [0, 0.1) is 13.8 Å². The third-order valence-corrected chi connectivity index (χ3v) is 6.21. The Labute approximate surface area is 184 Å². The summed E-state index contributed by atoms with van der Waals surface area (Å²) < 4.78 is 32.7. The van der Waals surface area contributed by atoms with Gasteiger partial charge in [0.25, 0.3) is 0 Å². The molecule has 0 saturated heterocycles. The third-order valence-electron chi connectivity index (χ3n) is 3.97. The van der Waals surface area contributed by atoms with Crippen molar-refractivity contribution in [3.8, 4) is 0 Å². The minimum Gasteiger partial charge on any atom is -0.444 e. The number of rotatable bonds is 10. The van der Waals surface area contributed by atoms with Crippen molar-refractivity contribution < 1.29 is 22.7 Å². The van der Waals surface area contributed by atoms with Crippen LogP contribution in [0.15, 0.2) is 23.1 Å². The SMILES string of the molecule is CSCC[C@@H](NC(=O)OC(C)(C)C)C(=O)NCCNS(=O)(=O)c1cc(C)ccc1C. The van der Waals surface area contributed by atoms with Crippen LogP contribution in [0.3, 0.4) is 0 Å². The van der Waals surface area contributed by atoms with Gasteiger partial charge in [-0.2, -0.15) is 11.8 Å². The largest absolute Gasteiger partial charge is 0.444 e. The fourth-order valence-corrected chi connectivity index (χ4v) is 4.35. The minimum absolute atomic E-state index is 0.0309. The molecule has 0 bridgehead atoms. The van der Waals surface area contributed by atoms with E-state index in [9.17, 15) is 18.0 Å². The van der Waals surface area contributed by atoms with Crippen molar-refractivity contribution in [2.45, 2.75) is 57.6 Å². The second-order valence-electron chi connectivity index (χ2n) is 7.94. The Kier molecular flexibility index (Phi) is 10.1. The summed E-state index contributed by atoms with van der Waals surface area (Å²) in [5.74, 6) is 0.286. The molecule has 2 amide bonds. The van der Waals surface area contributed by atoms with Crippen LogP contribution in [0.2, 0.25) is 0 Å². The van der Waals surface area contributed by atoms with E-state index in [4.69, 9.17) is 4.74 Å². The lowest BCUT2D eigenvalue weighted by molar-refractivity contribution is -0.123. The maximum absolute atomic E-state index is 12.5. The molecule has 0 saturated carbocycles. The van der Waals surface area contributed by atoms with E-state index >= 15 is 0 Å². The molecule has 0 heterocycles. The molecule has 0 radical (unpaired) electrons. The highest BCUT2D eigenvalue weighted by atomic mass is 32.2. The molecule has 1 rings (SSSR count). The fraction of sp³-hybridized carbons (Fsp3) is 0.600. The standard InChI is InChI=1S/C20H33N3O5S2/c1-14-7-8-15(2)17(13-14)30(26,27)22-11-10-21-18(24)16(9-12-29-6)23-19(25)28-20(3,4)5/h7-8,13,16,22H,9-12H2,1-6H3,(H,21,24)(H,23,25)/t16-/m1/s1. The van der Waals surface area contributed by atoms with Crippen molar-refractivity contribution in [1.82, 2.24) is 15.4 Å². The maximum Gasteiger partial charge on any atom is 0.408 e. The Morgan fingerprint density at radius 1 is 1.17 bits per heavy atom. The van der Waals surface area contributed by atoms with Gasteiger partial charge in [0.05, 0.1) is 4.90 Å². The number of hydrogen-bond acceptors (Lipinski definition) is 6. The molecule has 0 fully saturated rings. The zero-order chi connectivity index (χ0) is 22.9. The number of nitrogens with one attached hydrogen (secondary N) is 3. The molecule has 10 heteroatoms. The Hall–Kier alpha value is -1.78. The van der Waals surface area contributed by atoms with Crippen molar-refractivity contribution in [3.05, 3.63) is 29.3 Å². The van der Waals surface area contributed by atoms with Gasteiger partial charge in [-0.15, -0.1) is 0 Å². The van der Waals surface area contributed by atoms with Crippen LogP contribution in [-0.2, 0) is 19.6 Å². The van der Waals surface area contributed by atoms with E-state index in [0.717, 1.165) is 5.56 Å². The monoisotopic (exact) mass is 459 g/mol. The molecule has 0 aliphatic rings. The number of aryl methyl sites for hydroxylation is 2. The minimum atomic E-state index is -3.68. The number of thioether (sulfide) groups is 1. The number of carbonyl (C=O) groups excluding carboxylic acids is 2. The van der Waals surface area contributed by atoms with Gasteiger partial charge in [0, 0.05) is 13.1 Å². The fourth-order valence-electron chi connectivity index (χ4n) is 2.52. The molecule has 3 N–H and O–H groups in total.